The SMILES string of the molecule is COCCC(OC)O[SiH3]. The summed E-state index contributed by atoms with van der Waals surface area (Å²) in [6.45, 7) is 0.695. The highest BCUT2D eigenvalue weighted by Crippen LogP contribution is 1.95. The molecule has 0 aliphatic rings. The van der Waals surface area contributed by atoms with E-state index in [1.54, 1.807) is 14.2 Å². The number of ether oxygens (including phenoxy) is 2. The molecule has 0 saturated carbocycles. The van der Waals surface area contributed by atoms with E-state index in [9.17, 15) is 0 Å². The molecule has 4 heteroatoms. The minimum absolute atomic E-state index is 0.0587. The van der Waals surface area contributed by atoms with Crippen molar-refractivity contribution in [2.24, 2.45) is 0 Å². The van der Waals surface area contributed by atoms with E-state index >= 15 is 0 Å². The Labute approximate surface area is 58.8 Å². The van der Waals surface area contributed by atoms with Crippen molar-refractivity contribution in [1.82, 2.24) is 0 Å². The van der Waals surface area contributed by atoms with E-state index in [4.69, 9.17) is 13.9 Å². The van der Waals surface area contributed by atoms with Crippen LogP contribution < -0.4 is 0 Å². The van der Waals surface area contributed by atoms with Crippen molar-refractivity contribution >= 4 is 10.5 Å². The molecule has 0 heterocycles. The third-order valence-electron chi connectivity index (χ3n) is 1.08. The fourth-order valence-electron chi connectivity index (χ4n) is 0.546. The van der Waals surface area contributed by atoms with Crippen molar-refractivity contribution in [2.45, 2.75) is 12.7 Å². The quantitative estimate of drug-likeness (QED) is 0.383. The normalized spacial score (nSPS) is 14.0. The molecule has 0 radical (unpaired) electrons. The molecule has 0 saturated heterocycles. The Morgan fingerprint density at radius 3 is 2.44 bits per heavy atom. The molecule has 1 atom stereocenters. The molecule has 1 unspecified atom stereocenters. The molecule has 0 aliphatic carbocycles. The Bertz CT molecular complexity index is 56.2. The number of methoxy groups -OCH3 is 2. The van der Waals surface area contributed by atoms with Crippen LogP contribution in [0.25, 0.3) is 0 Å². The standard InChI is InChI=1S/C5H14O3Si/c1-6-4-3-5(7-2)8-9/h5H,3-4H2,1-2,9H3. The smallest absolute Gasteiger partial charge is 0.149 e. The first-order valence-electron chi connectivity index (χ1n) is 2.89. The molecule has 3 nitrogen and oxygen atoms in total. The number of hydrogen-bond donors (Lipinski definition) is 0. The maximum atomic E-state index is 5.04. The minimum atomic E-state index is -0.0587. The van der Waals surface area contributed by atoms with Gasteiger partial charge in [-0.3, -0.25) is 0 Å². The molecule has 56 valence electrons. The molecule has 0 aromatic carbocycles. The third-order valence-corrected chi connectivity index (χ3v) is 1.61. The van der Waals surface area contributed by atoms with Crippen LogP contribution in [-0.4, -0.2) is 37.6 Å². The van der Waals surface area contributed by atoms with Crippen LogP contribution in [0.5, 0.6) is 0 Å². The highest BCUT2D eigenvalue weighted by Gasteiger charge is 2.01. The van der Waals surface area contributed by atoms with E-state index in [0.717, 1.165) is 16.9 Å². The second-order valence-corrected chi connectivity index (χ2v) is 2.15. The van der Waals surface area contributed by atoms with Crippen molar-refractivity contribution < 1.29 is 13.9 Å². The zero-order valence-corrected chi connectivity index (χ0v) is 8.22. The first kappa shape index (κ1) is 9.10. The largest absolute Gasteiger partial charge is 0.404 e. The van der Waals surface area contributed by atoms with Gasteiger partial charge in [-0.2, -0.15) is 0 Å². The molecule has 9 heavy (non-hydrogen) atoms. The zero-order chi connectivity index (χ0) is 7.11. The molecule has 0 aromatic heterocycles. The van der Waals surface area contributed by atoms with Gasteiger partial charge in [-0.25, -0.2) is 0 Å². The second kappa shape index (κ2) is 6.22. The van der Waals surface area contributed by atoms with Crippen molar-refractivity contribution in [1.29, 1.82) is 0 Å². The van der Waals surface area contributed by atoms with Crippen LogP contribution in [0.1, 0.15) is 6.42 Å². The van der Waals surface area contributed by atoms with Crippen LogP contribution in [0.15, 0.2) is 0 Å². The lowest BCUT2D eigenvalue weighted by molar-refractivity contribution is -0.0646. The van der Waals surface area contributed by atoms with Gasteiger partial charge in [0.25, 0.3) is 0 Å². The summed E-state index contributed by atoms with van der Waals surface area (Å²) in [5.41, 5.74) is 0. The maximum Gasteiger partial charge on any atom is 0.149 e. The first-order chi connectivity index (χ1) is 4.35. The molecule has 0 amide bonds. The van der Waals surface area contributed by atoms with Crippen LogP contribution in [0.2, 0.25) is 0 Å². The van der Waals surface area contributed by atoms with Crippen molar-refractivity contribution in [3.8, 4) is 0 Å². The Morgan fingerprint density at radius 2 is 2.11 bits per heavy atom. The molecular formula is C5H14O3Si. The van der Waals surface area contributed by atoms with E-state index in [2.05, 4.69) is 0 Å². The van der Waals surface area contributed by atoms with Crippen LogP contribution in [0, 0.1) is 0 Å². The Hall–Kier alpha value is 0.0969. The van der Waals surface area contributed by atoms with Gasteiger partial charge in [0.05, 0.1) is 6.61 Å². The van der Waals surface area contributed by atoms with Gasteiger partial charge < -0.3 is 13.9 Å². The summed E-state index contributed by atoms with van der Waals surface area (Å²) in [4.78, 5) is 0. The van der Waals surface area contributed by atoms with Gasteiger partial charge in [0, 0.05) is 20.6 Å². The van der Waals surface area contributed by atoms with Gasteiger partial charge in [0.1, 0.15) is 16.8 Å². The van der Waals surface area contributed by atoms with Gasteiger partial charge in [-0.1, -0.05) is 0 Å². The summed E-state index contributed by atoms with van der Waals surface area (Å²) in [5, 5.41) is 0. The minimum Gasteiger partial charge on any atom is -0.404 e. The van der Waals surface area contributed by atoms with Gasteiger partial charge in [0.15, 0.2) is 0 Å². The average molecular weight is 150 g/mol. The lowest BCUT2D eigenvalue weighted by atomic mass is 10.4. The van der Waals surface area contributed by atoms with Crippen LogP contribution in [-0.2, 0) is 13.9 Å². The van der Waals surface area contributed by atoms with Gasteiger partial charge in [-0.15, -0.1) is 0 Å². The zero-order valence-electron chi connectivity index (χ0n) is 6.22. The lowest BCUT2D eigenvalue weighted by Gasteiger charge is -2.12. The molecular weight excluding hydrogens is 136 g/mol. The predicted molar refractivity (Wildman–Crippen MR) is 38.3 cm³/mol. The van der Waals surface area contributed by atoms with E-state index in [1.165, 1.54) is 0 Å². The van der Waals surface area contributed by atoms with Crippen molar-refractivity contribution in [3.05, 3.63) is 0 Å². The van der Waals surface area contributed by atoms with E-state index in [-0.39, 0.29) is 6.29 Å². The summed E-state index contributed by atoms with van der Waals surface area (Å²) >= 11 is 0. The lowest BCUT2D eigenvalue weighted by Crippen LogP contribution is -2.15. The van der Waals surface area contributed by atoms with Gasteiger partial charge in [0.2, 0.25) is 0 Å². The number of hydrogen-bond acceptors (Lipinski definition) is 3. The van der Waals surface area contributed by atoms with Gasteiger partial charge in [-0.05, 0) is 0 Å². The van der Waals surface area contributed by atoms with Crippen LogP contribution in [0.3, 0.4) is 0 Å². The molecule has 0 N–H and O–H groups in total. The summed E-state index contributed by atoms with van der Waals surface area (Å²) in [7, 11) is 4.02. The molecule has 0 fully saturated rings. The fraction of sp³-hybridized carbons (Fsp3) is 1.00. The summed E-state index contributed by atoms with van der Waals surface area (Å²) in [6, 6.07) is 0. The molecule has 0 aromatic rings. The third kappa shape index (κ3) is 4.59. The Balaban J connectivity index is 3.09. The maximum absolute atomic E-state index is 5.04. The first-order valence-corrected chi connectivity index (χ1v) is 3.71. The van der Waals surface area contributed by atoms with Gasteiger partial charge >= 0.3 is 0 Å². The van der Waals surface area contributed by atoms with Crippen LogP contribution in [0.4, 0.5) is 0 Å². The summed E-state index contributed by atoms with van der Waals surface area (Å²) in [6.07, 6.45) is 0.757. The van der Waals surface area contributed by atoms with E-state index < -0.39 is 0 Å². The molecule has 0 aliphatic heterocycles. The number of rotatable bonds is 5. The van der Waals surface area contributed by atoms with E-state index in [1.807, 2.05) is 0 Å². The van der Waals surface area contributed by atoms with Crippen molar-refractivity contribution in [2.75, 3.05) is 20.8 Å². The Kier molecular flexibility index (Phi) is 6.29. The molecule has 0 bridgehead atoms. The molecule has 0 rings (SSSR count). The molecule has 0 spiro atoms. The van der Waals surface area contributed by atoms with Crippen LogP contribution >= 0.6 is 0 Å². The predicted octanol–water partition coefficient (Wildman–Crippen LogP) is -0.708. The second-order valence-electron chi connectivity index (χ2n) is 1.68. The van der Waals surface area contributed by atoms with E-state index in [0.29, 0.717) is 6.61 Å². The Morgan fingerprint density at radius 1 is 1.44 bits per heavy atom. The monoisotopic (exact) mass is 150 g/mol. The highest BCUT2D eigenvalue weighted by atomic mass is 28.2. The topological polar surface area (TPSA) is 27.7 Å². The average Bonchev–Trinajstić information content (AvgIpc) is 1.91. The summed E-state index contributed by atoms with van der Waals surface area (Å²) < 4.78 is 14.8. The highest BCUT2D eigenvalue weighted by molar-refractivity contribution is 5.98. The summed E-state index contributed by atoms with van der Waals surface area (Å²) in [5.74, 6) is 0. The van der Waals surface area contributed by atoms with Crippen molar-refractivity contribution in [3.63, 3.8) is 0 Å². The fourth-order valence-corrected chi connectivity index (χ4v) is 0.974.